The molecular formula is C9H16N2O. The van der Waals surface area contributed by atoms with E-state index in [0.717, 1.165) is 19.3 Å². The second-order valence-corrected chi connectivity index (χ2v) is 3.48. The Balaban J connectivity index is 2.29. The molecule has 68 valence electrons. The third kappa shape index (κ3) is 2.20. The van der Waals surface area contributed by atoms with Crippen molar-refractivity contribution in [3.05, 3.63) is 0 Å². The monoisotopic (exact) mass is 168 g/mol. The smallest absolute Gasteiger partial charge is 0.130 e. The van der Waals surface area contributed by atoms with Gasteiger partial charge in [-0.15, -0.1) is 0 Å². The van der Waals surface area contributed by atoms with Crippen LogP contribution in [-0.2, 0) is 4.74 Å². The Hall–Kier alpha value is -0.590. The molecule has 3 nitrogen and oxygen atoms in total. The Labute approximate surface area is 73.5 Å². The third-order valence-corrected chi connectivity index (χ3v) is 2.20. The molecule has 0 bridgehead atoms. The van der Waals surface area contributed by atoms with E-state index in [0.29, 0.717) is 19.1 Å². The molecule has 1 aliphatic carbocycles. The molecule has 12 heavy (non-hydrogen) atoms. The van der Waals surface area contributed by atoms with Gasteiger partial charge in [0.1, 0.15) is 5.54 Å². The van der Waals surface area contributed by atoms with Crippen LogP contribution < -0.4 is 5.73 Å². The standard InChI is InChI=1S/C9H16N2O/c1-2-5-12-7-9(11,6-10)8-3-4-8/h8H,2-5,7,11H2,1H3. The summed E-state index contributed by atoms with van der Waals surface area (Å²) < 4.78 is 5.29. The van der Waals surface area contributed by atoms with Crippen molar-refractivity contribution in [2.24, 2.45) is 11.7 Å². The summed E-state index contributed by atoms with van der Waals surface area (Å²) in [4.78, 5) is 0. The van der Waals surface area contributed by atoms with Gasteiger partial charge < -0.3 is 10.5 Å². The summed E-state index contributed by atoms with van der Waals surface area (Å²) >= 11 is 0. The summed E-state index contributed by atoms with van der Waals surface area (Å²) in [5, 5.41) is 8.84. The Morgan fingerprint density at radius 3 is 2.75 bits per heavy atom. The van der Waals surface area contributed by atoms with E-state index in [9.17, 15) is 0 Å². The summed E-state index contributed by atoms with van der Waals surface area (Å²) in [5.74, 6) is 0.374. The highest BCUT2D eigenvalue weighted by Crippen LogP contribution is 2.38. The minimum absolute atomic E-state index is 0.374. The zero-order chi connectivity index (χ0) is 9.03. The predicted octanol–water partition coefficient (Wildman–Crippen LogP) is 1.04. The van der Waals surface area contributed by atoms with E-state index in [1.807, 2.05) is 6.92 Å². The van der Waals surface area contributed by atoms with Crippen molar-refractivity contribution in [2.75, 3.05) is 13.2 Å². The first-order valence-electron chi connectivity index (χ1n) is 4.51. The van der Waals surface area contributed by atoms with Gasteiger partial charge in [0.15, 0.2) is 0 Å². The summed E-state index contributed by atoms with van der Waals surface area (Å²) in [6.07, 6.45) is 3.14. The quantitative estimate of drug-likeness (QED) is 0.624. The lowest BCUT2D eigenvalue weighted by Gasteiger charge is -2.20. The molecule has 1 atom stereocenters. The summed E-state index contributed by atoms with van der Waals surface area (Å²) in [7, 11) is 0. The molecule has 0 aliphatic heterocycles. The second kappa shape index (κ2) is 3.88. The normalized spacial score (nSPS) is 21.4. The van der Waals surface area contributed by atoms with Crippen LogP contribution in [-0.4, -0.2) is 18.8 Å². The Bertz CT molecular complexity index is 183. The Kier molecular flexibility index (Phi) is 3.07. The number of nitrogens with two attached hydrogens (primary N) is 1. The van der Waals surface area contributed by atoms with Crippen LogP contribution in [0, 0.1) is 17.2 Å². The van der Waals surface area contributed by atoms with E-state index in [4.69, 9.17) is 15.7 Å². The third-order valence-electron chi connectivity index (χ3n) is 2.20. The van der Waals surface area contributed by atoms with E-state index in [-0.39, 0.29) is 0 Å². The van der Waals surface area contributed by atoms with E-state index < -0.39 is 5.54 Å². The van der Waals surface area contributed by atoms with Gasteiger partial charge in [-0.05, 0) is 25.2 Å². The highest BCUT2D eigenvalue weighted by molar-refractivity contribution is 5.13. The molecule has 0 saturated heterocycles. The van der Waals surface area contributed by atoms with Crippen LogP contribution in [0.25, 0.3) is 0 Å². The van der Waals surface area contributed by atoms with Crippen LogP contribution in [0.3, 0.4) is 0 Å². The lowest BCUT2D eigenvalue weighted by molar-refractivity contribution is 0.0962. The van der Waals surface area contributed by atoms with Gasteiger partial charge in [-0.3, -0.25) is 0 Å². The first kappa shape index (κ1) is 9.50. The van der Waals surface area contributed by atoms with Crippen molar-refractivity contribution in [2.45, 2.75) is 31.7 Å². The van der Waals surface area contributed by atoms with Gasteiger partial charge in [0.2, 0.25) is 0 Å². The summed E-state index contributed by atoms with van der Waals surface area (Å²) in [6, 6.07) is 2.15. The molecule has 2 N–H and O–H groups in total. The fraction of sp³-hybridized carbons (Fsp3) is 0.889. The maximum absolute atomic E-state index is 8.84. The lowest BCUT2D eigenvalue weighted by atomic mass is 9.98. The second-order valence-electron chi connectivity index (χ2n) is 3.48. The first-order chi connectivity index (χ1) is 5.73. The molecule has 1 fully saturated rings. The predicted molar refractivity (Wildman–Crippen MR) is 46.4 cm³/mol. The molecule has 0 amide bonds. The minimum Gasteiger partial charge on any atom is -0.378 e. The zero-order valence-corrected chi connectivity index (χ0v) is 7.55. The van der Waals surface area contributed by atoms with Crippen molar-refractivity contribution in [1.29, 1.82) is 5.26 Å². The minimum atomic E-state index is -0.713. The maximum atomic E-state index is 8.84. The average Bonchev–Trinajstić information content (AvgIpc) is 2.87. The molecule has 3 heteroatoms. The van der Waals surface area contributed by atoms with Crippen LogP contribution in [0.4, 0.5) is 0 Å². The Morgan fingerprint density at radius 1 is 1.67 bits per heavy atom. The van der Waals surface area contributed by atoms with E-state index in [1.54, 1.807) is 0 Å². The fourth-order valence-corrected chi connectivity index (χ4v) is 1.23. The largest absolute Gasteiger partial charge is 0.378 e. The van der Waals surface area contributed by atoms with Gasteiger partial charge >= 0.3 is 0 Å². The van der Waals surface area contributed by atoms with Gasteiger partial charge in [-0.25, -0.2) is 0 Å². The van der Waals surface area contributed by atoms with Gasteiger partial charge in [-0.1, -0.05) is 6.92 Å². The van der Waals surface area contributed by atoms with Gasteiger partial charge in [-0.2, -0.15) is 5.26 Å². The molecule has 0 heterocycles. The number of hydrogen-bond acceptors (Lipinski definition) is 3. The van der Waals surface area contributed by atoms with E-state index in [1.165, 1.54) is 0 Å². The van der Waals surface area contributed by atoms with Crippen LogP contribution in [0.5, 0.6) is 0 Å². The van der Waals surface area contributed by atoms with Gasteiger partial charge in [0, 0.05) is 6.61 Å². The SMILES string of the molecule is CCCOCC(N)(C#N)C1CC1. The van der Waals surface area contributed by atoms with Gasteiger partial charge in [0.05, 0.1) is 12.7 Å². The zero-order valence-electron chi connectivity index (χ0n) is 7.55. The highest BCUT2D eigenvalue weighted by atomic mass is 16.5. The number of nitriles is 1. The van der Waals surface area contributed by atoms with Gasteiger partial charge in [0.25, 0.3) is 0 Å². The fourth-order valence-electron chi connectivity index (χ4n) is 1.23. The first-order valence-corrected chi connectivity index (χ1v) is 4.51. The van der Waals surface area contributed by atoms with Crippen molar-refractivity contribution in [1.82, 2.24) is 0 Å². The molecule has 1 saturated carbocycles. The van der Waals surface area contributed by atoms with Crippen molar-refractivity contribution in [3.63, 3.8) is 0 Å². The van der Waals surface area contributed by atoms with Crippen LogP contribution in [0.1, 0.15) is 26.2 Å². The topological polar surface area (TPSA) is 59.0 Å². The summed E-state index contributed by atoms with van der Waals surface area (Å²) in [5.41, 5.74) is 5.14. The molecule has 1 aliphatic rings. The molecule has 1 unspecified atom stereocenters. The lowest BCUT2D eigenvalue weighted by Crippen LogP contribution is -2.45. The number of rotatable bonds is 5. The number of nitrogens with zero attached hydrogens (tertiary/aromatic N) is 1. The molecule has 0 aromatic rings. The Morgan fingerprint density at radius 2 is 2.33 bits per heavy atom. The highest BCUT2D eigenvalue weighted by Gasteiger charge is 2.42. The molecule has 0 spiro atoms. The maximum Gasteiger partial charge on any atom is 0.130 e. The average molecular weight is 168 g/mol. The van der Waals surface area contributed by atoms with E-state index >= 15 is 0 Å². The van der Waals surface area contributed by atoms with Crippen molar-refractivity contribution >= 4 is 0 Å². The summed E-state index contributed by atoms with van der Waals surface area (Å²) in [6.45, 7) is 3.14. The van der Waals surface area contributed by atoms with E-state index in [2.05, 4.69) is 6.07 Å². The molecule has 0 radical (unpaired) electrons. The number of ether oxygens (including phenoxy) is 1. The van der Waals surface area contributed by atoms with Crippen molar-refractivity contribution in [3.8, 4) is 6.07 Å². The van der Waals surface area contributed by atoms with Crippen LogP contribution >= 0.6 is 0 Å². The molecule has 0 aromatic heterocycles. The van der Waals surface area contributed by atoms with Crippen molar-refractivity contribution < 1.29 is 4.74 Å². The molecule has 0 aromatic carbocycles. The van der Waals surface area contributed by atoms with Crippen LogP contribution in [0.2, 0.25) is 0 Å². The number of hydrogen-bond donors (Lipinski definition) is 1. The molecular weight excluding hydrogens is 152 g/mol. The van der Waals surface area contributed by atoms with Crippen LogP contribution in [0.15, 0.2) is 0 Å². The molecule has 1 rings (SSSR count).